The van der Waals surface area contributed by atoms with E-state index in [4.69, 9.17) is 0 Å². The van der Waals surface area contributed by atoms with Crippen molar-refractivity contribution in [2.24, 2.45) is 53.3 Å². The Hall–Kier alpha value is -0.710. The van der Waals surface area contributed by atoms with E-state index < -0.39 is 0 Å². The number of nitrogens with one attached hydrogen (secondary N) is 2. The zero-order valence-electron chi connectivity index (χ0n) is 33.5. The highest BCUT2D eigenvalue weighted by molar-refractivity contribution is 8.00. The summed E-state index contributed by atoms with van der Waals surface area (Å²) in [6, 6.07) is 2.12. The summed E-state index contributed by atoms with van der Waals surface area (Å²) in [5, 5.41) is 10.7. The molecule has 12 atom stereocenters. The molecule has 3 heterocycles. The molecule has 3 nitrogen and oxygen atoms in total. The molecule has 0 radical (unpaired) electrons. The van der Waals surface area contributed by atoms with Crippen molar-refractivity contribution in [1.82, 2.24) is 15.2 Å². The van der Waals surface area contributed by atoms with Crippen molar-refractivity contribution < 1.29 is 0 Å². The van der Waals surface area contributed by atoms with Gasteiger partial charge in [-0.2, -0.15) is 11.8 Å². The molecule has 10 aliphatic rings. The van der Waals surface area contributed by atoms with Crippen LogP contribution >= 0.6 is 11.8 Å². The van der Waals surface area contributed by atoms with Gasteiger partial charge in [0.1, 0.15) is 0 Å². The van der Waals surface area contributed by atoms with E-state index in [9.17, 15) is 0 Å². The zero-order valence-corrected chi connectivity index (χ0v) is 34.3. The Morgan fingerprint density at radius 1 is 0.509 bits per heavy atom. The third-order valence-corrected chi connectivity index (χ3v) is 20.6. The van der Waals surface area contributed by atoms with Gasteiger partial charge in [0.2, 0.25) is 0 Å². The molecule has 4 heteroatoms. The fraction of sp³-hybridized carbons (Fsp3) is 0.878. The van der Waals surface area contributed by atoms with Gasteiger partial charge in [-0.3, -0.25) is 10.6 Å². The van der Waals surface area contributed by atoms with E-state index in [1.165, 1.54) is 128 Å². The van der Waals surface area contributed by atoms with Crippen LogP contribution in [-0.4, -0.2) is 33.3 Å². The largest absolute Gasteiger partial charge is 0.345 e. The van der Waals surface area contributed by atoms with Crippen LogP contribution in [0.5, 0.6) is 0 Å². The van der Waals surface area contributed by atoms with Crippen LogP contribution in [0.3, 0.4) is 0 Å². The highest BCUT2D eigenvalue weighted by atomic mass is 32.2. The van der Waals surface area contributed by atoms with Crippen LogP contribution in [-0.2, 0) is 25.7 Å². The van der Waals surface area contributed by atoms with Gasteiger partial charge >= 0.3 is 0 Å². The molecule has 11 rings (SSSR count). The summed E-state index contributed by atoms with van der Waals surface area (Å²) in [5.41, 5.74) is 7.48. The fourth-order valence-electron chi connectivity index (χ4n) is 16.1. The first kappa shape index (κ1) is 35.5. The SMILES string of the molecule is C1=CC2NC(C3CCC(n4c5c(c6c4CCC(C4CCC(C7CCC8SC9CCCCC9C8C7)C4)C6)CCCC5)CC3)NC(C3CCCCC3)C2CC1. The Morgan fingerprint density at radius 2 is 1.25 bits per heavy atom. The second-order valence-electron chi connectivity index (χ2n) is 21.2. The van der Waals surface area contributed by atoms with Gasteiger partial charge in [0.15, 0.2) is 0 Å². The minimum absolute atomic E-state index is 0.520. The highest BCUT2D eigenvalue weighted by Crippen LogP contribution is 2.58. The Kier molecular flexibility index (Phi) is 10.2. The topological polar surface area (TPSA) is 29.0 Å². The monoisotopic (exact) mass is 738 g/mol. The average molecular weight is 738 g/mol. The third-order valence-electron chi connectivity index (χ3n) is 18.7. The first-order chi connectivity index (χ1) is 26.2. The lowest BCUT2D eigenvalue weighted by Gasteiger charge is -2.51. The van der Waals surface area contributed by atoms with Crippen molar-refractivity contribution in [3.8, 4) is 0 Å². The molecule has 2 aliphatic heterocycles. The van der Waals surface area contributed by atoms with Gasteiger partial charge < -0.3 is 4.57 Å². The third kappa shape index (κ3) is 6.61. The number of rotatable bonds is 5. The van der Waals surface area contributed by atoms with Gasteiger partial charge in [0.05, 0.1) is 6.17 Å². The second kappa shape index (κ2) is 15.2. The smallest absolute Gasteiger partial charge is 0.0607 e. The molecule has 12 unspecified atom stereocenters. The molecule has 2 N–H and O–H groups in total. The molecule has 7 fully saturated rings. The van der Waals surface area contributed by atoms with Crippen LogP contribution in [0, 0.1) is 53.3 Å². The lowest BCUT2D eigenvalue weighted by Crippen LogP contribution is -2.67. The first-order valence-corrected chi connectivity index (χ1v) is 25.3. The van der Waals surface area contributed by atoms with Gasteiger partial charge in [0.25, 0.3) is 0 Å². The molecule has 2 saturated heterocycles. The number of nitrogens with zero attached hydrogens (tertiary/aromatic N) is 1. The summed E-state index contributed by atoms with van der Waals surface area (Å²) in [6.45, 7) is 0. The summed E-state index contributed by atoms with van der Waals surface area (Å²) in [6.07, 6.45) is 46.9. The molecule has 292 valence electrons. The maximum Gasteiger partial charge on any atom is 0.0607 e. The lowest BCUT2D eigenvalue weighted by atomic mass is 9.67. The predicted molar refractivity (Wildman–Crippen MR) is 222 cm³/mol. The number of thioether (sulfide) groups is 1. The van der Waals surface area contributed by atoms with Crippen molar-refractivity contribution in [1.29, 1.82) is 0 Å². The average Bonchev–Trinajstić information content (AvgIpc) is 3.95. The standard InChI is InChI=1S/C49H75N3S/c1-2-10-31(11-3-1)48-40-14-4-7-15-43(40)50-49(51-48)32-20-24-37(25-21-32)52-44-16-8-5-12-38(44)41-29-35(22-26-45(41)52)33-18-19-34(28-33)36-23-27-47-42(30-36)39-13-6-9-17-46(39)53-47/h7,15,31-37,39-40,42-43,46-51H,1-6,8-14,16-30H2. The van der Waals surface area contributed by atoms with E-state index in [0.29, 0.717) is 12.2 Å². The van der Waals surface area contributed by atoms with Crippen LogP contribution in [0.1, 0.15) is 183 Å². The maximum atomic E-state index is 4.36. The molecular formula is C49H75N3S. The predicted octanol–water partition coefficient (Wildman–Crippen LogP) is 11.5. The molecule has 53 heavy (non-hydrogen) atoms. The van der Waals surface area contributed by atoms with Crippen molar-refractivity contribution in [2.45, 2.75) is 215 Å². The normalized spacial score (nSPS) is 45.9. The molecular weight excluding hydrogens is 663 g/mol. The minimum Gasteiger partial charge on any atom is -0.345 e. The van der Waals surface area contributed by atoms with Gasteiger partial charge in [-0.15, -0.1) is 0 Å². The van der Waals surface area contributed by atoms with Crippen LogP contribution in [0.15, 0.2) is 12.2 Å². The number of allylic oxidation sites excluding steroid dienone is 1. The Balaban J connectivity index is 0.750. The van der Waals surface area contributed by atoms with Crippen molar-refractivity contribution in [2.75, 3.05) is 0 Å². The van der Waals surface area contributed by atoms with E-state index in [2.05, 4.69) is 39.1 Å². The summed E-state index contributed by atoms with van der Waals surface area (Å²) < 4.78 is 3.07. The van der Waals surface area contributed by atoms with Gasteiger partial charge in [-0.1, -0.05) is 44.3 Å². The van der Waals surface area contributed by atoms with Crippen LogP contribution in [0.25, 0.3) is 0 Å². The van der Waals surface area contributed by atoms with Crippen molar-refractivity contribution >= 4 is 11.8 Å². The molecule has 0 bridgehead atoms. The molecule has 0 aromatic carbocycles. The maximum absolute atomic E-state index is 4.36. The molecule has 1 aromatic rings. The van der Waals surface area contributed by atoms with E-state index in [-0.39, 0.29) is 0 Å². The van der Waals surface area contributed by atoms with Crippen molar-refractivity contribution in [3.63, 3.8) is 0 Å². The summed E-state index contributed by atoms with van der Waals surface area (Å²) in [5.74, 6) is 8.85. The van der Waals surface area contributed by atoms with Crippen LogP contribution in [0.2, 0.25) is 0 Å². The van der Waals surface area contributed by atoms with E-state index in [1.807, 2.05) is 22.5 Å². The lowest BCUT2D eigenvalue weighted by molar-refractivity contribution is 0.0691. The summed E-state index contributed by atoms with van der Waals surface area (Å²) in [7, 11) is 0. The molecule has 0 amide bonds. The number of hydrogen-bond donors (Lipinski definition) is 2. The minimum atomic E-state index is 0.520. The molecule has 8 aliphatic carbocycles. The Bertz CT molecular complexity index is 1460. The summed E-state index contributed by atoms with van der Waals surface area (Å²) in [4.78, 5) is 0. The molecule has 0 spiro atoms. The van der Waals surface area contributed by atoms with Gasteiger partial charge in [0, 0.05) is 40.0 Å². The molecule has 1 aromatic heterocycles. The summed E-state index contributed by atoms with van der Waals surface area (Å²) >= 11 is 2.47. The zero-order chi connectivity index (χ0) is 34.9. The van der Waals surface area contributed by atoms with Crippen LogP contribution in [0.4, 0.5) is 0 Å². The van der Waals surface area contributed by atoms with E-state index >= 15 is 0 Å². The quantitative estimate of drug-likeness (QED) is 0.295. The highest BCUT2D eigenvalue weighted by Gasteiger charge is 2.49. The number of aromatic nitrogens is 1. The second-order valence-corrected chi connectivity index (χ2v) is 22.6. The Morgan fingerprint density at radius 3 is 2.15 bits per heavy atom. The first-order valence-electron chi connectivity index (χ1n) is 24.3. The van der Waals surface area contributed by atoms with E-state index in [1.54, 1.807) is 51.4 Å². The number of hydrogen-bond acceptors (Lipinski definition) is 3. The number of fused-ring (bicyclic) bond motifs is 7. The Labute approximate surface area is 328 Å². The van der Waals surface area contributed by atoms with E-state index in [0.717, 1.165) is 75.8 Å². The van der Waals surface area contributed by atoms with Gasteiger partial charge in [-0.05, 0) is 212 Å². The van der Waals surface area contributed by atoms with Crippen LogP contribution < -0.4 is 10.6 Å². The van der Waals surface area contributed by atoms with Crippen molar-refractivity contribution in [3.05, 3.63) is 34.7 Å². The molecule has 5 saturated carbocycles. The fourth-order valence-corrected chi connectivity index (χ4v) is 18.2. The van der Waals surface area contributed by atoms with Gasteiger partial charge in [-0.25, -0.2) is 0 Å².